The van der Waals surface area contributed by atoms with Gasteiger partial charge in [0.1, 0.15) is 18.3 Å². The van der Waals surface area contributed by atoms with Gasteiger partial charge in [-0.1, -0.05) is 0 Å². The van der Waals surface area contributed by atoms with E-state index in [9.17, 15) is 0 Å². The van der Waals surface area contributed by atoms with Gasteiger partial charge in [-0.05, 0) is 32.9 Å². The van der Waals surface area contributed by atoms with Crippen molar-refractivity contribution in [2.75, 3.05) is 7.11 Å². The van der Waals surface area contributed by atoms with Crippen molar-refractivity contribution in [2.45, 2.75) is 26.3 Å². The third-order valence-corrected chi connectivity index (χ3v) is 2.62. The number of hydrogen-bond acceptors (Lipinski definition) is 2. The molecule has 1 aromatic heterocycles. The molecular formula is C12H18N3O+. The minimum Gasteiger partial charge on any atom is -0.497 e. The minimum atomic E-state index is -0.0197. The zero-order valence-electron chi connectivity index (χ0n) is 10.5. The van der Waals surface area contributed by atoms with Crippen LogP contribution >= 0.6 is 0 Å². The van der Waals surface area contributed by atoms with Gasteiger partial charge in [-0.15, -0.1) is 9.36 Å². The Morgan fingerprint density at radius 1 is 1.31 bits per heavy atom. The number of rotatable bonds is 1. The summed E-state index contributed by atoms with van der Waals surface area (Å²) in [4.78, 5) is 0. The molecule has 16 heavy (non-hydrogen) atoms. The normalized spacial score (nSPS) is 12.1. The lowest BCUT2D eigenvalue weighted by Crippen LogP contribution is -2.52. The second kappa shape index (κ2) is 3.47. The summed E-state index contributed by atoms with van der Waals surface area (Å²) in [5.41, 5.74) is 2.18. The van der Waals surface area contributed by atoms with Crippen molar-refractivity contribution in [2.24, 2.45) is 7.05 Å². The molecule has 2 rings (SSSR count). The number of aryl methyl sites for hydroxylation is 1. The maximum atomic E-state index is 5.22. The molecule has 0 saturated heterocycles. The molecule has 4 nitrogen and oxygen atoms in total. The molecule has 1 aromatic carbocycles. The van der Waals surface area contributed by atoms with Crippen molar-refractivity contribution < 1.29 is 9.42 Å². The zero-order valence-corrected chi connectivity index (χ0v) is 10.5. The summed E-state index contributed by atoms with van der Waals surface area (Å²) in [6.45, 7) is 6.43. The quantitative estimate of drug-likeness (QED) is 0.684. The van der Waals surface area contributed by atoms with Gasteiger partial charge in [0.2, 0.25) is 5.52 Å². The Morgan fingerprint density at radius 3 is 2.56 bits per heavy atom. The monoisotopic (exact) mass is 220 g/mol. The molecule has 2 aromatic rings. The van der Waals surface area contributed by atoms with Crippen molar-refractivity contribution >= 4 is 11.0 Å². The second-order valence-electron chi connectivity index (χ2n) is 4.95. The number of nitrogens with zero attached hydrogens (tertiary/aromatic N) is 3. The average molecular weight is 220 g/mol. The van der Waals surface area contributed by atoms with Gasteiger partial charge in [-0.2, -0.15) is 0 Å². The van der Waals surface area contributed by atoms with Crippen LogP contribution in [-0.4, -0.2) is 17.0 Å². The molecule has 4 heteroatoms. The predicted molar refractivity (Wildman–Crippen MR) is 62.5 cm³/mol. The van der Waals surface area contributed by atoms with E-state index in [1.807, 2.05) is 34.6 Å². The van der Waals surface area contributed by atoms with Crippen LogP contribution in [0.1, 0.15) is 20.8 Å². The smallest absolute Gasteiger partial charge is 0.201 e. The summed E-state index contributed by atoms with van der Waals surface area (Å²) in [6.07, 6.45) is 0. The van der Waals surface area contributed by atoms with Gasteiger partial charge in [0, 0.05) is 6.07 Å². The van der Waals surface area contributed by atoms with Crippen LogP contribution in [-0.2, 0) is 12.6 Å². The molecule has 0 fully saturated rings. The van der Waals surface area contributed by atoms with Gasteiger partial charge in [0.15, 0.2) is 5.52 Å². The van der Waals surface area contributed by atoms with E-state index in [0.717, 1.165) is 16.8 Å². The van der Waals surface area contributed by atoms with Crippen molar-refractivity contribution in [3.63, 3.8) is 0 Å². The van der Waals surface area contributed by atoms with Crippen molar-refractivity contribution in [3.05, 3.63) is 18.2 Å². The van der Waals surface area contributed by atoms with Gasteiger partial charge in [0.25, 0.3) is 0 Å². The lowest BCUT2D eigenvalue weighted by Gasteiger charge is -2.11. The Bertz CT molecular complexity index is 523. The molecule has 0 aliphatic carbocycles. The maximum Gasteiger partial charge on any atom is 0.201 e. The SMILES string of the molecule is COc1ccc2c(c1)n(C)n[n+]2C(C)(C)C. The summed E-state index contributed by atoms with van der Waals surface area (Å²) in [7, 11) is 3.62. The highest BCUT2D eigenvalue weighted by atomic mass is 16.5. The molecule has 0 saturated carbocycles. The molecular weight excluding hydrogens is 202 g/mol. The fraction of sp³-hybridized carbons (Fsp3) is 0.500. The van der Waals surface area contributed by atoms with Crippen molar-refractivity contribution in [1.82, 2.24) is 9.90 Å². The number of hydrogen-bond donors (Lipinski definition) is 0. The van der Waals surface area contributed by atoms with Crippen LogP contribution in [0.5, 0.6) is 5.75 Å². The highest BCUT2D eigenvalue weighted by Gasteiger charge is 2.26. The molecule has 0 radical (unpaired) electrons. The summed E-state index contributed by atoms with van der Waals surface area (Å²) >= 11 is 0. The maximum absolute atomic E-state index is 5.22. The van der Waals surface area contributed by atoms with Crippen molar-refractivity contribution in [1.29, 1.82) is 0 Å². The Kier molecular flexibility index (Phi) is 2.37. The van der Waals surface area contributed by atoms with Crippen LogP contribution in [0.25, 0.3) is 11.0 Å². The molecule has 1 heterocycles. The van der Waals surface area contributed by atoms with Gasteiger partial charge in [-0.25, -0.2) is 0 Å². The fourth-order valence-corrected chi connectivity index (χ4v) is 1.79. The van der Waals surface area contributed by atoms with Crippen LogP contribution in [0.4, 0.5) is 0 Å². The van der Waals surface area contributed by atoms with Crippen LogP contribution in [0.2, 0.25) is 0 Å². The average Bonchev–Trinajstić information content (AvgIpc) is 2.55. The third-order valence-electron chi connectivity index (χ3n) is 2.62. The van der Waals surface area contributed by atoms with E-state index in [-0.39, 0.29) is 5.54 Å². The molecule has 0 bridgehead atoms. The molecule has 0 unspecified atom stereocenters. The van der Waals surface area contributed by atoms with Crippen LogP contribution in [0.15, 0.2) is 18.2 Å². The van der Waals surface area contributed by atoms with Crippen LogP contribution in [0, 0.1) is 0 Å². The Hall–Kier alpha value is -1.58. The highest BCUT2D eigenvalue weighted by molar-refractivity contribution is 5.73. The lowest BCUT2D eigenvalue weighted by molar-refractivity contribution is -0.786. The topological polar surface area (TPSA) is 30.9 Å². The fourth-order valence-electron chi connectivity index (χ4n) is 1.79. The first-order chi connectivity index (χ1) is 7.43. The molecule has 0 N–H and O–H groups in total. The summed E-state index contributed by atoms with van der Waals surface area (Å²) in [5, 5.41) is 4.51. The van der Waals surface area contributed by atoms with E-state index in [1.165, 1.54) is 0 Å². The molecule has 0 aliphatic rings. The number of ether oxygens (including phenoxy) is 1. The van der Waals surface area contributed by atoms with E-state index in [2.05, 4.69) is 26.0 Å². The first-order valence-electron chi connectivity index (χ1n) is 5.37. The highest BCUT2D eigenvalue weighted by Crippen LogP contribution is 2.19. The third kappa shape index (κ3) is 1.64. The van der Waals surface area contributed by atoms with Gasteiger partial charge >= 0.3 is 0 Å². The number of methoxy groups -OCH3 is 1. The van der Waals surface area contributed by atoms with E-state index < -0.39 is 0 Å². The Balaban J connectivity index is 2.72. The van der Waals surface area contributed by atoms with Crippen LogP contribution in [0.3, 0.4) is 0 Å². The Morgan fingerprint density at radius 2 is 2.00 bits per heavy atom. The standard InChI is InChI=1S/C12H18N3O/c1-12(2,3)15-10-7-6-9(16-5)8-11(10)14(4)13-15/h6-8H,1-5H3/q+1. The molecule has 0 spiro atoms. The zero-order chi connectivity index (χ0) is 11.9. The van der Waals surface area contributed by atoms with Crippen molar-refractivity contribution in [3.8, 4) is 5.75 Å². The number of benzene rings is 1. The predicted octanol–water partition coefficient (Wildman–Crippen LogP) is 1.62. The molecule has 0 atom stereocenters. The van der Waals surface area contributed by atoms with Gasteiger partial charge in [-0.3, -0.25) is 0 Å². The molecule has 0 amide bonds. The van der Waals surface area contributed by atoms with Gasteiger partial charge < -0.3 is 4.74 Å². The van der Waals surface area contributed by atoms with E-state index >= 15 is 0 Å². The summed E-state index contributed by atoms with van der Waals surface area (Å²) in [6, 6.07) is 6.02. The first-order valence-corrected chi connectivity index (χ1v) is 5.37. The van der Waals surface area contributed by atoms with E-state index in [1.54, 1.807) is 7.11 Å². The Labute approximate surface area is 95.4 Å². The minimum absolute atomic E-state index is 0.0197. The van der Waals surface area contributed by atoms with E-state index in [4.69, 9.17) is 4.74 Å². The summed E-state index contributed by atoms with van der Waals surface area (Å²) < 4.78 is 9.13. The second-order valence-corrected chi connectivity index (χ2v) is 4.95. The molecule has 0 aliphatic heterocycles. The summed E-state index contributed by atoms with van der Waals surface area (Å²) in [5.74, 6) is 0.858. The van der Waals surface area contributed by atoms with E-state index in [0.29, 0.717) is 0 Å². The first kappa shape index (κ1) is 10.9. The molecule has 86 valence electrons. The van der Waals surface area contributed by atoms with Gasteiger partial charge in [0.05, 0.1) is 12.3 Å². The lowest BCUT2D eigenvalue weighted by atomic mass is 10.1. The number of aromatic nitrogens is 3. The van der Waals surface area contributed by atoms with Crippen LogP contribution < -0.4 is 9.42 Å². The largest absolute Gasteiger partial charge is 0.497 e. The number of fused-ring (bicyclic) bond motifs is 1.